The quantitative estimate of drug-likeness (QED) is 0.381. The number of carbonyl (C=O) groups is 4. The van der Waals surface area contributed by atoms with E-state index in [0.29, 0.717) is 0 Å². The molecule has 0 bridgehead atoms. The number of carboxylic acid groups (broad SMARTS) is 1. The number of ketones is 1. The van der Waals surface area contributed by atoms with Gasteiger partial charge in [-0.1, -0.05) is 0 Å². The molecule has 1 atom stereocenters. The Kier molecular flexibility index (Phi) is 9.10. The van der Waals surface area contributed by atoms with Gasteiger partial charge < -0.3 is 24.8 Å². The van der Waals surface area contributed by atoms with Crippen LogP contribution < -0.4 is 10.1 Å². The molecule has 0 unspecified atom stereocenters. The topological polar surface area (TPSA) is 122 Å². The Hall–Kier alpha value is -3.38. The Balaban J connectivity index is 1.55. The van der Waals surface area contributed by atoms with Crippen LogP contribution in [0.25, 0.3) is 0 Å². The molecule has 1 saturated carbocycles. The average molecular weight is 518 g/mol. The predicted molar refractivity (Wildman–Crippen MR) is 114 cm³/mol. The molecule has 2 fully saturated rings. The standard InChI is InChI=1S/C23H26F4N2O7/c24-14-9-15(25)20(27)21(19(14)26)35-11-17(30)16(10-18(31)32)28-22(33)12-5-7-29(8-6-12)23(34)36-13-3-1-2-4-13/h9,12-13,16H,1-8,10-11H2,(H,28,33)(H,31,32)/t16-/m0/s1. The molecule has 9 nitrogen and oxygen atoms in total. The minimum atomic E-state index is -1.86. The lowest BCUT2D eigenvalue weighted by molar-refractivity contribution is -0.141. The summed E-state index contributed by atoms with van der Waals surface area (Å²) in [6, 6.07) is -1.66. The van der Waals surface area contributed by atoms with E-state index in [9.17, 15) is 36.7 Å². The van der Waals surface area contributed by atoms with Gasteiger partial charge in [-0.2, -0.15) is 8.78 Å². The van der Waals surface area contributed by atoms with Gasteiger partial charge in [0.2, 0.25) is 17.5 Å². The lowest BCUT2D eigenvalue weighted by atomic mass is 9.95. The SMILES string of the molecule is O=C(O)C[C@H](NC(=O)C1CCN(C(=O)OC2CCCC2)CC1)C(=O)COc1c(F)c(F)cc(F)c1F. The van der Waals surface area contributed by atoms with E-state index in [0.717, 1.165) is 25.7 Å². The Bertz CT molecular complexity index is 982. The fourth-order valence-electron chi connectivity index (χ4n) is 4.18. The highest BCUT2D eigenvalue weighted by Crippen LogP contribution is 2.27. The van der Waals surface area contributed by atoms with Gasteiger partial charge in [-0.15, -0.1) is 0 Å². The van der Waals surface area contributed by atoms with E-state index in [2.05, 4.69) is 10.1 Å². The Labute approximate surface area is 203 Å². The summed E-state index contributed by atoms with van der Waals surface area (Å²) in [4.78, 5) is 50.1. The number of amides is 2. The summed E-state index contributed by atoms with van der Waals surface area (Å²) in [5, 5.41) is 11.4. The molecule has 36 heavy (non-hydrogen) atoms. The van der Waals surface area contributed by atoms with Crippen molar-refractivity contribution in [3.63, 3.8) is 0 Å². The van der Waals surface area contributed by atoms with Crippen LogP contribution in [0.15, 0.2) is 6.07 Å². The van der Waals surface area contributed by atoms with Crippen LogP contribution in [0, 0.1) is 29.2 Å². The molecule has 1 aromatic carbocycles. The van der Waals surface area contributed by atoms with Crippen molar-refractivity contribution in [2.24, 2.45) is 5.92 Å². The van der Waals surface area contributed by atoms with Crippen molar-refractivity contribution < 1.29 is 51.3 Å². The van der Waals surface area contributed by atoms with E-state index in [1.807, 2.05) is 0 Å². The highest BCUT2D eigenvalue weighted by Gasteiger charge is 2.33. The molecule has 2 aliphatic rings. The molecule has 0 spiro atoms. The second-order valence-corrected chi connectivity index (χ2v) is 8.76. The second kappa shape index (κ2) is 12.0. The van der Waals surface area contributed by atoms with Gasteiger partial charge in [0.05, 0.1) is 6.42 Å². The van der Waals surface area contributed by atoms with Crippen LogP contribution in [-0.4, -0.2) is 65.6 Å². The highest BCUT2D eigenvalue weighted by atomic mass is 19.2. The van der Waals surface area contributed by atoms with Crippen molar-refractivity contribution in [3.8, 4) is 5.75 Å². The second-order valence-electron chi connectivity index (χ2n) is 8.76. The minimum absolute atomic E-state index is 0.0352. The Morgan fingerprint density at radius 3 is 2.14 bits per heavy atom. The number of piperidine rings is 1. The molecule has 198 valence electrons. The number of aliphatic carboxylic acids is 1. The summed E-state index contributed by atoms with van der Waals surface area (Å²) in [5.41, 5.74) is 0. The number of hydrogen-bond acceptors (Lipinski definition) is 6. The molecule has 1 aromatic rings. The van der Waals surface area contributed by atoms with Crippen molar-refractivity contribution in [1.29, 1.82) is 0 Å². The lowest BCUT2D eigenvalue weighted by Crippen LogP contribution is -2.49. The maximum absolute atomic E-state index is 13.7. The normalized spacial score (nSPS) is 17.5. The molecule has 1 heterocycles. The summed E-state index contributed by atoms with van der Waals surface area (Å²) in [7, 11) is 0. The van der Waals surface area contributed by atoms with Crippen LogP contribution in [0.5, 0.6) is 5.75 Å². The number of likely N-dealkylation sites (tertiary alicyclic amines) is 1. The van der Waals surface area contributed by atoms with Gasteiger partial charge in [0.1, 0.15) is 18.8 Å². The number of nitrogens with zero attached hydrogens (tertiary/aromatic N) is 1. The molecule has 2 N–H and O–H groups in total. The Morgan fingerprint density at radius 1 is 1.00 bits per heavy atom. The molecular weight excluding hydrogens is 492 g/mol. The van der Waals surface area contributed by atoms with Crippen LogP contribution in [0.2, 0.25) is 0 Å². The number of carbonyl (C=O) groups excluding carboxylic acids is 3. The van der Waals surface area contributed by atoms with Gasteiger partial charge in [0.15, 0.2) is 23.2 Å². The van der Waals surface area contributed by atoms with E-state index in [1.54, 1.807) is 0 Å². The van der Waals surface area contributed by atoms with Gasteiger partial charge in [-0.3, -0.25) is 14.4 Å². The van der Waals surface area contributed by atoms with Gasteiger partial charge in [-0.25, -0.2) is 13.6 Å². The number of nitrogens with one attached hydrogen (secondary N) is 1. The maximum atomic E-state index is 13.7. The third-order valence-electron chi connectivity index (χ3n) is 6.21. The van der Waals surface area contributed by atoms with Crippen molar-refractivity contribution >= 4 is 23.8 Å². The number of ether oxygens (including phenoxy) is 2. The maximum Gasteiger partial charge on any atom is 0.410 e. The van der Waals surface area contributed by atoms with E-state index in [1.165, 1.54) is 4.90 Å². The van der Waals surface area contributed by atoms with Crippen molar-refractivity contribution in [2.75, 3.05) is 19.7 Å². The van der Waals surface area contributed by atoms with Gasteiger partial charge in [-0.05, 0) is 38.5 Å². The van der Waals surface area contributed by atoms with Crippen LogP contribution in [0.3, 0.4) is 0 Å². The largest absolute Gasteiger partial charge is 0.481 e. The zero-order valence-electron chi connectivity index (χ0n) is 19.2. The molecule has 1 aliphatic heterocycles. The van der Waals surface area contributed by atoms with Crippen LogP contribution >= 0.6 is 0 Å². The molecule has 0 aromatic heterocycles. The highest BCUT2D eigenvalue weighted by molar-refractivity contribution is 5.93. The zero-order valence-corrected chi connectivity index (χ0v) is 19.2. The van der Waals surface area contributed by atoms with Crippen LogP contribution in [0.4, 0.5) is 22.4 Å². The molecule has 0 radical (unpaired) electrons. The number of benzene rings is 1. The first-order valence-corrected chi connectivity index (χ1v) is 11.5. The first-order valence-electron chi connectivity index (χ1n) is 11.5. The summed E-state index contributed by atoms with van der Waals surface area (Å²) >= 11 is 0. The molecule has 3 rings (SSSR count). The van der Waals surface area contributed by atoms with Crippen LogP contribution in [-0.2, 0) is 19.1 Å². The fourth-order valence-corrected chi connectivity index (χ4v) is 4.18. The summed E-state index contributed by atoms with van der Waals surface area (Å²) < 4.78 is 64.2. The number of rotatable bonds is 9. The van der Waals surface area contributed by atoms with E-state index < -0.39 is 77.8 Å². The van der Waals surface area contributed by atoms with Gasteiger partial charge in [0.25, 0.3) is 0 Å². The van der Waals surface area contributed by atoms with Crippen molar-refractivity contribution in [1.82, 2.24) is 10.2 Å². The monoisotopic (exact) mass is 518 g/mol. The van der Waals surface area contributed by atoms with Crippen molar-refractivity contribution in [2.45, 2.75) is 57.1 Å². The Morgan fingerprint density at radius 2 is 1.58 bits per heavy atom. The molecular formula is C23H26F4N2O7. The molecule has 2 amide bonds. The summed E-state index contributed by atoms with van der Waals surface area (Å²) in [5.74, 6) is -12.5. The average Bonchev–Trinajstić information content (AvgIpc) is 3.35. The van der Waals surface area contributed by atoms with Crippen molar-refractivity contribution in [3.05, 3.63) is 29.3 Å². The summed E-state index contributed by atoms with van der Waals surface area (Å²) in [6.07, 6.45) is 2.73. The molecule has 1 aliphatic carbocycles. The van der Waals surface area contributed by atoms with Crippen LogP contribution in [0.1, 0.15) is 44.9 Å². The van der Waals surface area contributed by atoms with Gasteiger partial charge in [0, 0.05) is 25.1 Å². The molecule has 1 saturated heterocycles. The van der Waals surface area contributed by atoms with Gasteiger partial charge >= 0.3 is 12.1 Å². The predicted octanol–water partition coefficient (Wildman–Crippen LogP) is 2.94. The number of carboxylic acids is 1. The number of hydrogen-bond donors (Lipinski definition) is 2. The molecule has 13 heteroatoms. The third-order valence-corrected chi connectivity index (χ3v) is 6.21. The number of halogens is 4. The smallest absolute Gasteiger partial charge is 0.410 e. The minimum Gasteiger partial charge on any atom is -0.481 e. The van der Waals surface area contributed by atoms with E-state index in [4.69, 9.17) is 9.84 Å². The zero-order chi connectivity index (χ0) is 26.4. The first-order chi connectivity index (χ1) is 17.1. The fraction of sp³-hybridized carbons (Fsp3) is 0.565. The summed E-state index contributed by atoms with van der Waals surface area (Å²) in [6.45, 7) is -0.692. The third kappa shape index (κ3) is 6.85. The van der Waals surface area contributed by atoms with E-state index >= 15 is 0 Å². The van der Waals surface area contributed by atoms with E-state index in [-0.39, 0.29) is 38.1 Å². The number of Topliss-reactive ketones (excluding diaryl/α,β-unsaturated/α-hetero) is 1. The first kappa shape index (κ1) is 27.2. The lowest BCUT2D eigenvalue weighted by Gasteiger charge is -2.32.